The second-order valence-corrected chi connectivity index (χ2v) is 6.96. The summed E-state index contributed by atoms with van der Waals surface area (Å²) in [5.74, 6) is -0.706. The zero-order valence-corrected chi connectivity index (χ0v) is 14.1. The van der Waals surface area contributed by atoms with Crippen LogP contribution in [0.4, 0.5) is 15.8 Å². The molecule has 0 saturated carbocycles. The molecule has 27 heavy (non-hydrogen) atoms. The molecule has 3 N–H and O–H groups in total. The molecular weight excluding hydrogens is 341 g/mol. The fraction of sp³-hybridized carbons (Fsp3) is 0.0455. The Morgan fingerprint density at radius 2 is 1.70 bits per heavy atom. The fourth-order valence-electron chi connectivity index (χ4n) is 4.47. The first-order valence-corrected chi connectivity index (χ1v) is 8.79. The summed E-state index contributed by atoms with van der Waals surface area (Å²) < 4.78 is 14.5. The average Bonchev–Trinajstić information content (AvgIpc) is 3.21. The summed E-state index contributed by atoms with van der Waals surface area (Å²) in [6, 6.07) is 20.6. The third-order valence-corrected chi connectivity index (χ3v) is 5.60. The minimum atomic E-state index is -1.18. The van der Waals surface area contributed by atoms with E-state index in [1.54, 1.807) is 6.07 Å². The number of carbonyl (C=O) groups excluding carboxylic acids is 1. The minimum Gasteiger partial charge on any atom is -0.363 e. The largest absolute Gasteiger partial charge is 0.363 e. The van der Waals surface area contributed by atoms with E-state index in [9.17, 15) is 9.18 Å². The number of hydrogen-bond donors (Lipinski definition) is 3. The molecule has 0 bridgehead atoms. The van der Waals surface area contributed by atoms with Crippen LogP contribution in [0.3, 0.4) is 0 Å². The lowest BCUT2D eigenvalue weighted by molar-refractivity contribution is -0.118. The van der Waals surface area contributed by atoms with Crippen molar-refractivity contribution >= 4 is 28.2 Å². The maximum Gasteiger partial charge on any atom is 0.259 e. The van der Waals surface area contributed by atoms with Crippen LogP contribution in [0.2, 0.25) is 0 Å². The molecule has 130 valence electrons. The normalized spacial score (nSPS) is 19.4. The lowest BCUT2D eigenvalue weighted by Gasteiger charge is -2.35. The van der Waals surface area contributed by atoms with Gasteiger partial charge in [-0.25, -0.2) is 4.39 Å². The fourth-order valence-corrected chi connectivity index (χ4v) is 4.47. The van der Waals surface area contributed by atoms with Gasteiger partial charge >= 0.3 is 0 Å². The Morgan fingerprint density at radius 1 is 0.889 bits per heavy atom. The molecule has 0 aliphatic carbocycles. The monoisotopic (exact) mass is 355 g/mol. The Hall–Kier alpha value is -3.60. The standard InChI is InChI=1S/C22H14FN3O/c23-15-9-5-8-14-20(15)25-21(27)22(14)18-12-6-1-3-10-16(12)24-19(18)13-7-2-4-11-17(13)26-22/h1-11,24,26H,(H,25,27)/t22-/m0/s1. The van der Waals surface area contributed by atoms with Gasteiger partial charge in [0.05, 0.1) is 11.4 Å². The van der Waals surface area contributed by atoms with Crippen molar-refractivity contribution in [3.8, 4) is 11.3 Å². The van der Waals surface area contributed by atoms with Gasteiger partial charge in [0, 0.05) is 33.3 Å². The van der Waals surface area contributed by atoms with E-state index in [0.717, 1.165) is 33.4 Å². The van der Waals surface area contributed by atoms with Crippen molar-refractivity contribution in [2.45, 2.75) is 5.54 Å². The molecule has 1 atom stereocenters. The van der Waals surface area contributed by atoms with Crippen LogP contribution in [0.5, 0.6) is 0 Å². The maximum absolute atomic E-state index is 14.5. The Labute approximate surface area is 154 Å². The van der Waals surface area contributed by atoms with E-state index < -0.39 is 11.4 Å². The van der Waals surface area contributed by atoms with Crippen molar-refractivity contribution in [2.75, 3.05) is 10.6 Å². The van der Waals surface area contributed by atoms with E-state index in [-0.39, 0.29) is 11.6 Å². The van der Waals surface area contributed by atoms with Crippen molar-refractivity contribution in [3.05, 3.63) is 83.7 Å². The molecule has 1 amide bonds. The van der Waals surface area contributed by atoms with Gasteiger partial charge in [-0.15, -0.1) is 0 Å². The minimum absolute atomic E-state index is 0.241. The van der Waals surface area contributed by atoms with Crippen LogP contribution >= 0.6 is 0 Å². The van der Waals surface area contributed by atoms with Gasteiger partial charge in [0.2, 0.25) is 0 Å². The molecule has 3 heterocycles. The van der Waals surface area contributed by atoms with Crippen LogP contribution in [0.1, 0.15) is 11.1 Å². The first-order chi connectivity index (χ1) is 13.2. The molecular formula is C22H14FN3O. The molecule has 1 spiro atoms. The molecule has 4 aromatic rings. The van der Waals surface area contributed by atoms with Crippen LogP contribution in [-0.2, 0) is 10.3 Å². The maximum atomic E-state index is 14.5. The highest BCUT2D eigenvalue weighted by molar-refractivity contribution is 6.16. The van der Waals surface area contributed by atoms with E-state index in [2.05, 4.69) is 15.6 Å². The van der Waals surface area contributed by atoms with E-state index in [4.69, 9.17) is 0 Å². The summed E-state index contributed by atoms with van der Waals surface area (Å²) in [5, 5.41) is 7.15. The summed E-state index contributed by atoms with van der Waals surface area (Å²) in [6.45, 7) is 0. The quantitative estimate of drug-likeness (QED) is 0.432. The second kappa shape index (κ2) is 4.76. The Bertz CT molecular complexity index is 1280. The highest BCUT2D eigenvalue weighted by Gasteiger charge is 2.54. The second-order valence-electron chi connectivity index (χ2n) is 6.96. The number of rotatable bonds is 0. The van der Waals surface area contributed by atoms with Crippen molar-refractivity contribution in [2.24, 2.45) is 0 Å². The van der Waals surface area contributed by atoms with Gasteiger partial charge in [-0.3, -0.25) is 4.79 Å². The Morgan fingerprint density at radius 3 is 2.63 bits per heavy atom. The number of amides is 1. The van der Waals surface area contributed by atoms with Crippen LogP contribution in [0.15, 0.2) is 66.7 Å². The predicted octanol–water partition coefficient (Wildman–Crippen LogP) is 4.60. The lowest BCUT2D eigenvalue weighted by Crippen LogP contribution is -2.45. The van der Waals surface area contributed by atoms with Crippen molar-refractivity contribution in [3.63, 3.8) is 0 Å². The first-order valence-electron chi connectivity index (χ1n) is 8.79. The number of aromatic nitrogens is 1. The van der Waals surface area contributed by atoms with Gasteiger partial charge in [-0.1, -0.05) is 48.5 Å². The number of hydrogen-bond acceptors (Lipinski definition) is 2. The van der Waals surface area contributed by atoms with Gasteiger partial charge in [0.15, 0.2) is 5.54 Å². The summed E-state index contributed by atoms with van der Waals surface area (Å²) in [4.78, 5) is 16.8. The van der Waals surface area contributed by atoms with Gasteiger partial charge in [-0.05, 0) is 18.2 Å². The summed E-state index contributed by atoms with van der Waals surface area (Å²) in [5.41, 5.74) is 4.16. The number of para-hydroxylation sites is 3. The van der Waals surface area contributed by atoms with E-state index in [1.807, 2.05) is 54.6 Å². The zero-order valence-electron chi connectivity index (χ0n) is 14.1. The molecule has 5 heteroatoms. The van der Waals surface area contributed by atoms with Crippen molar-refractivity contribution < 1.29 is 9.18 Å². The predicted molar refractivity (Wildman–Crippen MR) is 103 cm³/mol. The summed E-state index contributed by atoms with van der Waals surface area (Å²) in [6.07, 6.45) is 0. The molecule has 2 aliphatic rings. The number of fused-ring (bicyclic) bond motifs is 8. The van der Waals surface area contributed by atoms with Crippen LogP contribution in [-0.4, -0.2) is 10.9 Å². The number of anilines is 2. The van der Waals surface area contributed by atoms with Crippen molar-refractivity contribution in [1.29, 1.82) is 0 Å². The average molecular weight is 355 g/mol. The van der Waals surface area contributed by atoms with Gasteiger partial charge in [-0.2, -0.15) is 0 Å². The molecule has 0 saturated heterocycles. The number of halogens is 1. The third-order valence-electron chi connectivity index (χ3n) is 5.60. The number of H-pyrrole nitrogens is 1. The van der Waals surface area contributed by atoms with Crippen LogP contribution in [0.25, 0.3) is 22.2 Å². The number of carbonyl (C=O) groups is 1. The molecule has 0 unspecified atom stereocenters. The number of benzene rings is 3. The highest BCUT2D eigenvalue weighted by atomic mass is 19.1. The van der Waals surface area contributed by atoms with E-state index >= 15 is 0 Å². The molecule has 3 aromatic carbocycles. The van der Waals surface area contributed by atoms with E-state index in [0.29, 0.717) is 5.56 Å². The first kappa shape index (κ1) is 14.6. The SMILES string of the molecule is O=C1Nc2c(F)cccc2[C@@]12Nc1ccccc1-c1[nH]c3ccccc3c12. The Kier molecular flexibility index (Phi) is 2.57. The summed E-state index contributed by atoms with van der Waals surface area (Å²) in [7, 11) is 0. The smallest absolute Gasteiger partial charge is 0.259 e. The third kappa shape index (κ3) is 1.64. The molecule has 0 radical (unpaired) electrons. The molecule has 0 fully saturated rings. The number of aromatic amines is 1. The van der Waals surface area contributed by atoms with Gasteiger partial charge < -0.3 is 15.6 Å². The zero-order chi connectivity index (χ0) is 18.2. The summed E-state index contributed by atoms with van der Waals surface area (Å²) >= 11 is 0. The molecule has 4 nitrogen and oxygen atoms in total. The van der Waals surface area contributed by atoms with Crippen LogP contribution in [0, 0.1) is 5.82 Å². The lowest BCUT2D eigenvalue weighted by atomic mass is 9.78. The number of nitrogens with one attached hydrogen (secondary N) is 3. The topological polar surface area (TPSA) is 56.9 Å². The van der Waals surface area contributed by atoms with Crippen molar-refractivity contribution in [1.82, 2.24) is 4.98 Å². The highest BCUT2D eigenvalue weighted by Crippen LogP contribution is 2.53. The molecule has 2 aliphatic heterocycles. The Balaban J connectivity index is 1.80. The molecule has 6 rings (SSSR count). The van der Waals surface area contributed by atoms with Gasteiger partial charge in [0.1, 0.15) is 5.82 Å². The van der Waals surface area contributed by atoms with Gasteiger partial charge in [0.25, 0.3) is 5.91 Å². The van der Waals surface area contributed by atoms with Crippen LogP contribution < -0.4 is 10.6 Å². The molecule has 1 aromatic heterocycles. The van der Waals surface area contributed by atoms with E-state index in [1.165, 1.54) is 6.07 Å².